The largest absolute Gasteiger partial charge is 0.490 e. The number of aryl methyl sites for hydroxylation is 1. The molecule has 0 bridgehead atoms. The Balaban J connectivity index is 2.03. The number of nitro benzene ring substituents is 1. The van der Waals surface area contributed by atoms with Gasteiger partial charge in [-0.25, -0.2) is 0 Å². The van der Waals surface area contributed by atoms with Crippen LogP contribution in [0.5, 0.6) is 5.75 Å². The molecule has 0 spiro atoms. The first kappa shape index (κ1) is 16.0. The average Bonchev–Trinajstić information content (AvgIpc) is 2.60. The number of nitrogens with zero attached hydrogens (tertiary/aromatic N) is 2. The number of amides is 1. The second-order valence-corrected chi connectivity index (χ2v) is 5.84. The second kappa shape index (κ2) is 6.31. The maximum absolute atomic E-state index is 13.0. The van der Waals surface area contributed by atoms with E-state index in [1.165, 1.54) is 19.2 Å². The fraction of sp³-hybridized carbons (Fsp3) is 0.278. The van der Waals surface area contributed by atoms with Crippen molar-refractivity contribution in [3.05, 3.63) is 63.7 Å². The van der Waals surface area contributed by atoms with Crippen molar-refractivity contribution in [2.45, 2.75) is 25.8 Å². The normalized spacial score (nSPS) is 16.4. The minimum absolute atomic E-state index is 0.0357. The fourth-order valence-electron chi connectivity index (χ4n) is 3.10. The van der Waals surface area contributed by atoms with Crippen molar-refractivity contribution in [1.29, 1.82) is 0 Å². The molecular formula is C18H18N2O4. The highest BCUT2D eigenvalue weighted by atomic mass is 16.6. The number of rotatable bonds is 3. The number of anilines is 1. The van der Waals surface area contributed by atoms with Crippen LogP contribution in [0.25, 0.3) is 0 Å². The highest BCUT2D eigenvalue weighted by Crippen LogP contribution is 2.33. The lowest BCUT2D eigenvalue weighted by atomic mass is 9.95. The van der Waals surface area contributed by atoms with E-state index in [1.54, 1.807) is 11.0 Å². The van der Waals surface area contributed by atoms with Crippen molar-refractivity contribution in [3.63, 3.8) is 0 Å². The minimum Gasteiger partial charge on any atom is -0.490 e. The minimum atomic E-state index is -0.539. The van der Waals surface area contributed by atoms with Gasteiger partial charge in [-0.05, 0) is 43.5 Å². The molecular weight excluding hydrogens is 308 g/mol. The van der Waals surface area contributed by atoms with E-state index in [9.17, 15) is 14.9 Å². The summed E-state index contributed by atoms with van der Waals surface area (Å²) >= 11 is 0. The molecule has 124 valence electrons. The highest BCUT2D eigenvalue weighted by Gasteiger charge is 2.30. The molecule has 2 aromatic rings. The van der Waals surface area contributed by atoms with Gasteiger partial charge in [-0.3, -0.25) is 14.9 Å². The summed E-state index contributed by atoms with van der Waals surface area (Å²) in [4.78, 5) is 25.4. The summed E-state index contributed by atoms with van der Waals surface area (Å²) in [7, 11) is 1.37. The second-order valence-electron chi connectivity index (χ2n) is 5.84. The zero-order chi connectivity index (χ0) is 17.3. The van der Waals surface area contributed by atoms with Crippen LogP contribution in [0.4, 0.5) is 11.4 Å². The third kappa shape index (κ3) is 2.71. The lowest BCUT2D eigenvalue weighted by molar-refractivity contribution is -0.385. The summed E-state index contributed by atoms with van der Waals surface area (Å²) in [6.45, 7) is 1.99. The zero-order valence-corrected chi connectivity index (χ0v) is 13.6. The lowest BCUT2D eigenvalue weighted by Gasteiger charge is -2.35. The van der Waals surface area contributed by atoms with Crippen LogP contribution in [0.15, 0.2) is 42.5 Å². The maximum atomic E-state index is 13.0. The van der Waals surface area contributed by atoms with Gasteiger partial charge in [-0.15, -0.1) is 0 Å². The predicted molar refractivity (Wildman–Crippen MR) is 90.7 cm³/mol. The number of nitro groups is 1. The Labute approximate surface area is 139 Å². The van der Waals surface area contributed by atoms with Crippen LogP contribution >= 0.6 is 0 Å². The molecule has 0 saturated carbocycles. The summed E-state index contributed by atoms with van der Waals surface area (Å²) in [5.74, 6) is -0.0935. The Morgan fingerprint density at radius 2 is 2.04 bits per heavy atom. The SMILES string of the molecule is COc1ccc(C(=O)N2c3ccccc3CC[C@H]2C)cc1[N+](=O)[O-]. The summed E-state index contributed by atoms with van der Waals surface area (Å²) in [6.07, 6.45) is 1.78. The van der Waals surface area contributed by atoms with E-state index in [2.05, 4.69) is 0 Å². The topological polar surface area (TPSA) is 72.7 Å². The van der Waals surface area contributed by atoms with Gasteiger partial charge in [0.25, 0.3) is 5.91 Å². The van der Waals surface area contributed by atoms with Crippen LogP contribution in [0.3, 0.4) is 0 Å². The quantitative estimate of drug-likeness (QED) is 0.638. The van der Waals surface area contributed by atoms with Crippen LogP contribution in [0.2, 0.25) is 0 Å². The van der Waals surface area contributed by atoms with Crippen LogP contribution in [-0.4, -0.2) is 24.0 Å². The van der Waals surface area contributed by atoms with Crippen molar-refractivity contribution < 1.29 is 14.5 Å². The van der Waals surface area contributed by atoms with Gasteiger partial charge in [-0.1, -0.05) is 18.2 Å². The van der Waals surface area contributed by atoms with Gasteiger partial charge in [0.2, 0.25) is 0 Å². The molecule has 0 N–H and O–H groups in total. The molecule has 0 aromatic heterocycles. The summed E-state index contributed by atoms with van der Waals surface area (Å²) in [5, 5.41) is 11.2. The molecule has 6 nitrogen and oxygen atoms in total. The molecule has 1 heterocycles. The molecule has 3 rings (SSSR count). The van der Waals surface area contributed by atoms with Crippen LogP contribution in [-0.2, 0) is 6.42 Å². The van der Waals surface area contributed by atoms with E-state index in [4.69, 9.17) is 4.74 Å². The Bertz CT molecular complexity index is 803. The van der Waals surface area contributed by atoms with Crippen molar-refractivity contribution in [1.82, 2.24) is 0 Å². The number of fused-ring (bicyclic) bond motifs is 1. The first-order valence-corrected chi connectivity index (χ1v) is 7.77. The Morgan fingerprint density at radius 1 is 1.29 bits per heavy atom. The number of benzene rings is 2. The predicted octanol–water partition coefficient (Wildman–Crippen LogP) is 3.58. The van der Waals surface area contributed by atoms with Gasteiger partial charge < -0.3 is 9.64 Å². The number of ether oxygens (including phenoxy) is 1. The molecule has 0 radical (unpaired) electrons. The number of hydrogen-bond donors (Lipinski definition) is 0. The molecule has 0 fully saturated rings. The van der Waals surface area contributed by atoms with Crippen molar-refractivity contribution >= 4 is 17.3 Å². The van der Waals surface area contributed by atoms with Gasteiger partial charge in [0, 0.05) is 23.4 Å². The summed E-state index contributed by atoms with van der Waals surface area (Å²) < 4.78 is 5.00. The third-order valence-corrected chi connectivity index (χ3v) is 4.36. The number of carbonyl (C=O) groups excluding carboxylic acids is 1. The first-order valence-electron chi connectivity index (χ1n) is 7.77. The monoisotopic (exact) mass is 326 g/mol. The van der Waals surface area contributed by atoms with Crippen molar-refractivity contribution in [2.75, 3.05) is 12.0 Å². The summed E-state index contributed by atoms with van der Waals surface area (Å²) in [5.41, 5.74) is 2.07. The van der Waals surface area contributed by atoms with Gasteiger partial charge in [0.1, 0.15) is 0 Å². The molecule has 1 aliphatic heterocycles. The van der Waals surface area contributed by atoms with E-state index >= 15 is 0 Å². The van der Waals surface area contributed by atoms with Gasteiger partial charge >= 0.3 is 5.69 Å². The number of para-hydroxylation sites is 1. The smallest absolute Gasteiger partial charge is 0.311 e. The Kier molecular flexibility index (Phi) is 4.20. The standard InChI is InChI=1S/C18H18N2O4/c1-12-7-8-13-5-3-4-6-15(13)19(12)18(21)14-9-10-17(24-2)16(11-14)20(22)23/h3-6,9-12H,7-8H2,1-2H3/t12-/m1/s1. The fourth-order valence-corrected chi connectivity index (χ4v) is 3.10. The van der Waals surface area contributed by atoms with E-state index in [-0.39, 0.29) is 28.9 Å². The van der Waals surface area contributed by atoms with Gasteiger partial charge in [-0.2, -0.15) is 0 Å². The number of methoxy groups -OCH3 is 1. The van der Waals surface area contributed by atoms with E-state index in [0.717, 1.165) is 24.1 Å². The van der Waals surface area contributed by atoms with E-state index in [0.29, 0.717) is 0 Å². The average molecular weight is 326 g/mol. The van der Waals surface area contributed by atoms with Crippen LogP contribution in [0, 0.1) is 10.1 Å². The lowest BCUT2D eigenvalue weighted by Crippen LogP contribution is -2.42. The number of carbonyl (C=O) groups is 1. The molecule has 24 heavy (non-hydrogen) atoms. The van der Waals surface area contributed by atoms with Gasteiger partial charge in [0.05, 0.1) is 12.0 Å². The molecule has 6 heteroatoms. The molecule has 1 atom stereocenters. The molecule has 1 aliphatic rings. The highest BCUT2D eigenvalue weighted by molar-refractivity contribution is 6.07. The van der Waals surface area contributed by atoms with E-state index < -0.39 is 4.92 Å². The molecule has 1 amide bonds. The zero-order valence-electron chi connectivity index (χ0n) is 13.6. The number of hydrogen-bond acceptors (Lipinski definition) is 4. The molecule has 2 aromatic carbocycles. The van der Waals surface area contributed by atoms with Crippen LogP contribution in [0.1, 0.15) is 29.3 Å². The van der Waals surface area contributed by atoms with Crippen LogP contribution < -0.4 is 9.64 Å². The molecule has 0 unspecified atom stereocenters. The van der Waals surface area contributed by atoms with Crippen molar-refractivity contribution in [3.8, 4) is 5.75 Å². The van der Waals surface area contributed by atoms with Crippen molar-refractivity contribution in [2.24, 2.45) is 0 Å². The molecule has 0 aliphatic carbocycles. The van der Waals surface area contributed by atoms with Gasteiger partial charge in [0.15, 0.2) is 5.75 Å². The molecule has 0 saturated heterocycles. The first-order chi connectivity index (χ1) is 11.5. The Hall–Kier alpha value is -2.89. The summed E-state index contributed by atoms with van der Waals surface area (Å²) in [6, 6.07) is 12.1. The van der Waals surface area contributed by atoms with E-state index in [1.807, 2.05) is 31.2 Å². The maximum Gasteiger partial charge on any atom is 0.311 e. The third-order valence-electron chi connectivity index (χ3n) is 4.36. The Morgan fingerprint density at radius 3 is 2.75 bits per heavy atom.